The SMILES string of the molecule is O[C@H]1CCOC2(CCN(Cc3ccccc3OCCn3ccnc3)CC2)[C@H]1O. The van der Waals surface area contributed by atoms with Crippen molar-refractivity contribution in [2.45, 2.75) is 50.2 Å². The fraction of sp³-hybridized carbons (Fsp3) is 0.571. The van der Waals surface area contributed by atoms with Crippen LogP contribution < -0.4 is 4.74 Å². The first-order valence-electron chi connectivity index (χ1n) is 10.1. The van der Waals surface area contributed by atoms with Crippen molar-refractivity contribution in [3.8, 4) is 5.75 Å². The number of aliphatic hydroxyl groups excluding tert-OH is 2. The van der Waals surface area contributed by atoms with Gasteiger partial charge in [-0.1, -0.05) is 18.2 Å². The van der Waals surface area contributed by atoms with Gasteiger partial charge in [0.1, 0.15) is 18.5 Å². The smallest absolute Gasteiger partial charge is 0.123 e. The minimum Gasteiger partial charge on any atom is -0.491 e. The summed E-state index contributed by atoms with van der Waals surface area (Å²) in [6.07, 6.45) is 5.99. The van der Waals surface area contributed by atoms with Gasteiger partial charge in [-0.2, -0.15) is 0 Å². The first kappa shape index (κ1) is 19.4. The molecule has 2 aliphatic heterocycles. The first-order chi connectivity index (χ1) is 13.7. The fourth-order valence-corrected chi connectivity index (χ4v) is 4.20. The monoisotopic (exact) mass is 387 g/mol. The number of rotatable bonds is 6. The van der Waals surface area contributed by atoms with Crippen molar-refractivity contribution in [2.24, 2.45) is 0 Å². The summed E-state index contributed by atoms with van der Waals surface area (Å²) in [5.74, 6) is 0.910. The largest absolute Gasteiger partial charge is 0.491 e. The molecule has 4 rings (SSSR count). The average Bonchev–Trinajstić information content (AvgIpc) is 3.23. The van der Waals surface area contributed by atoms with Crippen LogP contribution in [-0.4, -0.2) is 68.8 Å². The van der Waals surface area contributed by atoms with Crippen LogP contribution in [0.25, 0.3) is 0 Å². The zero-order valence-corrected chi connectivity index (χ0v) is 16.1. The van der Waals surface area contributed by atoms with Crippen molar-refractivity contribution >= 4 is 0 Å². The second-order valence-electron chi connectivity index (χ2n) is 7.75. The third kappa shape index (κ3) is 4.22. The maximum atomic E-state index is 10.4. The Kier molecular flexibility index (Phi) is 5.96. The Balaban J connectivity index is 1.32. The van der Waals surface area contributed by atoms with Gasteiger partial charge in [-0.3, -0.25) is 4.90 Å². The molecule has 1 spiro atoms. The van der Waals surface area contributed by atoms with E-state index >= 15 is 0 Å². The number of benzene rings is 1. The highest BCUT2D eigenvalue weighted by Crippen LogP contribution is 2.36. The van der Waals surface area contributed by atoms with Crippen molar-refractivity contribution in [1.82, 2.24) is 14.5 Å². The van der Waals surface area contributed by atoms with Crippen molar-refractivity contribution in [2.75, 3.05) is 26.3 Å². The minimum absolute atomic E-state index is 0.510. The molecule has 0 amide bonds. The van der Waals surface area contributed by atoms with Crippen LogP contribution >= 0.6 is 0 Å². The third-order valence-electron chi connectivity index (χ3n) is 5.94. The standard InChI is InChI=1S/C21H29N3O4/c25-18-5-13-28-21(20(18)26)6-9-23(10-7-21)15-17-3-1-2-4-19(17)27-14-12-24-11-8-22-16-24/h1-4,8,11,16,18,20,25-26H,5-7,9-10,12-15H2/t18-,20-/m0/s1. The Labute approximate surface area is 165 Å². The van der Waals surface area contributed by atoms with Gasteiger partial charge in [0.2, 0.25) is 0 Å². The van der Waals surface area contributed by atoms with E-state index in [0.717, 1.165) is 50.3 Å². The Hall–Kier alpha value is -1.93. The molecule has 0 aliphatic carbocycles. The number of piperidine rings is 1. The molecular formula is C21H29N3O4. The van der Waals surface area contributed by atoms with Gasteiger partial charge >= 0.3 is 0 Å². The van der Waals surface area contributed by atoms with Crippen molar-refractivity contribution in [1.29, 1.82) is 0 Å². The number of aromatic nitrogens is 2. The molecule has 2 aromatic rings. The number of hydrogen-bond acceptors (Lipinski definition) is 6. The maximum absolute atomic E-state index is 10.4. The average molecular weight is 387 g/mol. The molecule has 2 atom stereocenters. The summed E-state index contributed by atoms with van der Waals surface area (Å²) in [7, 11) is 0. The molecule has 2 aliphatic rings. The van der Waals surface area contributed by atoms with Crippen LogP contribution in [0, 0.1) is 0 Å². The Morgan fingerprint density at radius 2 is 2.04 bits per heavy atom. The van der Waals surface area contributed by atoms with Gasteiger partial charge in [0.05, 0.1) is 31.2 Å². The zero-order chi connectivity index (χ0) is 19.4. The van der Waals surface area contributed by atoms with E-state index in [1.165, 1.54) is 0 Å². The molecule has 0 bridgehead atoms. The minimum atomic E-state index is -0.790. The predicted molar refractivity (Wildman–Crippen MR) is 104 cm³/mol. The van der Waals surface area contributed by atoms with E-state index in [2.05, 4.69) is 16.0 Å². The summed E-state index contributed by atoms with van der Waals surface area (Å²) in [5.41, 5.74) is 0.573. The Morgan fingerprint density at radius 1 is 1.21 bits per heavy atom. The molecule has 0 radical (unpaired) electrons. The second kappa shape index (κ2) is 8.61. The second-order valence-corrected chi connectivity index (χ2v) is 7.75. The van der Waals surface area contributed by atoms with Gasteiger partial charge in [-0.15, -0.1) is 0 Å². The van der Waals surface area contributed by atoms with Crippen LogP contribution in [0.1, 0.15) is 24.8 Å². The van der Waals surface area contributed by atoms with Crippen molar-refractivity contribution < 1.29 is 19.7 Å². The molecule has 2 saturated heterocycles. The van der Waals surface area contributed by atoms with Gasteiger partial charge in [0.15, 0.2) is 0 Å². The molecule has 28 heavy (non-hydrogen) atoms. The van der Waals surface area contributed by atoms with Crippen LogP contribution in [0.2, 0.25) is 0 Å². The van der Waals surface area contributed by atoms with E-state index in [1.54, 1.807) is 12.5 Å². The predicted octanol–water partition coefficient (Wildman–Crippen LogP) is 1.44. The summed E-state index contributed by atoms with van der Waals surface area (Å²) < 4.78 is 13.9. The summed E-state index contributed by atoms with van der Waals surface area (Å²) in [4.78, 5) is 6.41. The van der Waals surface area contributed by atoms with Crippen LogP contribution in [0.3, 0.4) is 0 Å². The highest BCUT2D eigenvalue weighted by molar-refractivity contribution is 5.33. The lowest BCUT2D eigenvalue weighted by Crippen LogP contribution is -2.59. The van der Waals surface area contributed by atoms with Gasteiger partial charge in [0, 0.05) is 37.6 Å². The normalized spacial score (nSPS) is 25.1. The maximum Gasteiger partial charge on any atom is 0.123 e. The molecule has 0 saturated carbocycles. The third-order valence-corrected chi connectivity index (χ3v) is 5.94. The highest BCUT2D eigenvalue weighted by Gasteiger charge is 2.47. The molecule has 7 nitrogen and oxygen atoms in total. The number of likely N-dealkylation sites (tertiary alicyclic amines) is 1. The molecule has 1 aromatic carbocycles. The summed E-state index contributed by atoms with van der Waals surface area (Å²) in [5, 5.41) is 20.4. The Bertz CT molecular complexity index is 744. The van der Waals surface area contributed by atoms with Crippen molar-refractivity contribution in [3.63, 3.8) is 0 Å². The van der Waals surface area contributed by atoms with E-state index in [0.29, 0.717) is 19.6 Å². The topological polar surface area (TPSA) is 80.0 Å². The Morgan fingerprint density at radius 3 is 2.82 bits per heavy atom. The van der Waals surface area contributed by atoms with E-state index in [4.69, 9.17) is 9.47 Å². The molecule has 1 aromatic heterocycles. The summed E-state index contributed by atoms with van der Waals surface area (Å²) in [6.45, 7) is 4.33. The van der Waals surface area contributed by atoms with Crippen molar-refractivity contribution in [3.05, 3.63) is 48.5 Å². The van der Waals surface area contributed by atoms with E-state index in [9.17, 15) is 10.2 Å². The molecule has 7 heteroatoms. The number of imidazole rings is 1. The van der Waals surface area contributed by atoms with E-state index < -0.39 is 17.8 Å². The van der Waals surface area contributed by atoms with Gasteiger partial charge in [0.25, 0.3) is 0 Å². The molecule has 0 unspecified atom stereocenters. The number of aliphatic hydroxyl groups is 2. The van der Waals surface area contributed by atoms with E-state index in [-0.39, 0.29) is 0 Å². The molecule has 3 heterocycles. The lowest BCUT2D eigenvalue weighted by atomic mass is 9.80. The van der Waals surface area contributed by atoms with Crippen LogP contribution in [0.4, 0.5) is 0 Å². The number of hydrogen-bond donors (Lipinski definition) is 2. The van der Waals surface area contributed by atoms with E-state index in [1.807, 2.05) is 29.0 Å². The lowest BCUT2D eigenvalue weighted by molar-refractivity contribution is -0.214. The number of ether oxygens (including phenoxy) is 2. The van der Waals surface area contributed by atoms with Crippen LogP contribution in [-0.2, 0) is 17.8 Å². The van der Waals surface area contributed by atoms with Gasteiger partial charge < -0.3 is 24.3 Å². The number of nitrogens with zero attached hydrogens (tertiary/aromatic N) is 3. The zero-order valence-electron chi connectivity index (χ0n) is 16.1. The molecule has 152 valence electrons. The van der Waals surface area contributed by atoms with Crippen LogP contribution in [0.15, 0.2) is 43.0 Å². The summed E-state index contributed by atoms with van der Waals surface area (Å²) >= 11 is 0. The summed E-state index contributed by atoms with van der Waals surface area (Å²) in [6, 6.07) is 8.15. The quantitative estimate of drug-likeness (QED) is 0.781. The first-order valence-corrected chi connectivity index (χ1v) is 10.1. The van der Waals surface area contributed by atoms with Gasteiger partial charge in [-0.05, 0) is 25.3 Å². The lowest BCUT2D eigenvalue weighted by Gasteiger charge is -2.48. The fourth-order valence-electron chi connectivity index (χ4n) is 4.20. The van der Waals surface area contributed by atoms with Gasteiger partial charge in [-0.25, -0.2) is 4.98 Å². The highest BCUT2D eigenvalue weighted by atomic mass is 16.5. The van der Waals surface area contributed by atoms with Crippen LogP contribution in [0.5, 0.6) is 5.75 Å². The number of para-hydroxylation sites is 1. The molecular weight excluding hydrogens is 358 g/mol. The molecule has 2 N–H and O–H groups in total. The molecule has 2 fully saturated rings.